The van der Waals surface area contributed by atoms with E-state index < -0.39 is 41.4 Å². The van der Waals surface area contributed by atoms with Crippen LogP contribution in [0.15, 0.2) is 66.7 Å². The molecule has 0 radical (unpaired) electrons. The van der Waals surface area contributed by atoms with Gasteiger partial charge in [0.05, 0.1) is 12.1 Å². The van der Waals surface area contributed by atoms with Gasteiger partial charge >= 0.3 is 6.09 Å². The monoisotopic (exact) mass is 750 g/mol. The summed E-state index contributed by atoms with van der Waals surface area (Å²) in [7, 11) is 0. The van der Waals surface area contributed by atoms with Gasteiger partial charge in [-0.3, -0.25) is 14.4 Å². The zero-order valence-electron chi connectivity index (χ0n) is 32.3. The summed E-state index contributed by atoms with van der Waals surface area (Å²) in [6.07, 6.45) is 0.552. The summed E-state index contributed by atoms with van der Waals surface area (Å²) >= 11 is 0. The van der Waals surface area contributed by atoms with E-state index in [0.717, 1.165) is 36.6 Å². The Bertz CT molecular complexity index is 1670. The lowest BCUT2D eigenvalue weighted by atomic mass is 9.97. The van der Waals surface area contributed by atoms with Gasteiger partial charge in [0.25, 0.3) is 11.8 Å². The number of aliphatic hydroxyl groups excluding tert-OH is 1. The van der Waals surface area contributed by atoms with Crippen LogP contribution < -0.4 is 16.0 Å². The number of benzene rings is 3. The molecule has 12 heteroatoms. The zero-order valence-corrected chi connectivity index (χ0v) is 32.3. The van der Waals surface area contributed by atoms with Crippen LogP contribution in [0.5, 0.6) is 0 Å². The first-order chi connectivity index (χ1) is 25.6. The van der Waals surface area contributed by atoms with E-state index in [2.05, 4.69) is 16.0 Å². The third-order valence-corrected chi connectivity index (χ3v) is 8.55. The zero-order chi connectivity index (χ0) is 39.8. The second-order valence-corrected chi connectivity index (χ2v) is 14.7. The Balaban J connectivity index is 1.69. The molecule has 0 fully saturated rings. The maximum Gasteiger partial charge on any atom is 0.407 e. The molecule has 0 bridgehead atoms. The Morgan fingerprint density at radius 2 is 1.44 bits per heavy atom. The largest absolute Gasteiger partial charge is 0.444 e. The molecule has 294 valence electrons. The molecular formula is C42H56F2N4O6. The number of nitrogens with one attached hydrogen (secondary N) is 3. The van der Waals surface area contributed by atoms with Gasteiger partial charge in [-0.05, 0) is 113 Å². The number of rotatable bonds is 19. The fraction of sp³-hybridized carbons (Fsp3) is 0.476. The first-order valence-electron chi connectivity index (χ1n) is 18.7. The fourth-order valence-electron chi connectivity index (χ4n) is 6.15. The van der Waals surface area contributed by atoms with Crippen molar-refractivity contribution in [1.82, 2.24) is 20.9 Å². The van der Waals surface area contributed by atoms with Crippen LogP contribution in [0.1, 0.15) is 104 Å². The average Bonchev–Trinajstić information content (AvgIpc) is 3.08. The molecule has 0 aliphatic heterocycles. The van der Waals surface area contributed by atoms with Crippen molar-refractivity contribution < 1.29 is 37.8 Å². The van der Waals surface area contributed by atoms with Crippen LogP contribution in [0, 0.1) is 18.6 Å². The SMILES string of the molecule is CCCN(CCC)C(=O)c1cc(C)cc(C(=O)N[C@@H](Cc2cc(F)cc(F)c2)[C@H](O)CCNC(=O)CC[C@@H](Cc2ccccc2)NC(=O)OC(C)(C)C)c1. The van der Waals surface area contributed by atoms with E-state index in [4.69, 9.17) is 4.74 Å². The minimum Gasteiger partial charge on any atom is -0.444 e. The van der Waals surface area contributed by atoms with E-state index in [1.807, 2.05) is 44.2 Å². The van der Waals surface area contributed by atoms with E-state index in [0.29, 0.717) is 37.1 Å². The molecule has 3 aromatic rings. The quantitative estimate of drug-likeness (QED) is 0.108. The van der Waals surface area contributed by atoms with Gasteiger partial charge in [-0.2, -0.15) is 0 Å². The molecule has 3 rings (SSSR count). The topological polar surface area (TPSA) is 137 Å². The number of ether oxygens (including phenoxy) is 1. The number of carbonyl (C=O) groups excluding carboxylic acids is 4. The molecule has 0 aromatic heterocycles. The highest BCUT2D eigenvalue weighted by Gasteiger charge is 2.25. The highest BCUT2D eigenvalue weighted by atomic mass is 19.1. The van der Waals surface area contributed by atoms with Crippen molar-refractivity contribution in [3.05, 3.63) is 106 Å². The van der Waals surface area contributed by atoms with Crippen molar-refractivity contribution >= 4 is 23.8 Å². The molecule has 0 aliphatic carbocycles. The van der Waals surface area contributed by atoms with Crippen molar-refractivity contribution in [2.45, 2.75) is 110 Å². The van der Waals surface area contributed by atoms with Gasteiger partial charge in [0.1, 0.15) is 17.2 Å². The summed E-state index contributed by atoms with van der Waals surface area (Å²) < 4.78 is 33.7. The highest BCUT2D eigenvalue weighted by Crippen LogP contribution is 2.17. The summed E-state index contributed by atoms with van der Waals surface area (Å²) in [5.41, 5.74) is 1.77. The molecule has 0 saturated heterocycles. The Kier molecular flexibility index (Phi) is 17.1. The number of nitrogens with zero attached hydrogens (tertiary/aromatic N) is 1. The third kappa shape index (κ3) is 15.3. The first-order valence-corrected chi connectivity index (χ1v) is 18.7. The van der Waals surface area contributed by atoms with Crippen LogP contribution in [-0.2, 0) is 22.4 Å². The maximum absolute atomic E-state index is 14.1. The van der Waals surface area contributed by atoms with Gasteiger partial charge in [0.15, 0.2) is 0 Å². The normalized spacial score (nSPS) is 13.0. The molecule has 0 heterocycles. The average molecular weight is 751 g/mol. The van der Waals surface area contributed by atoms with Crippen LogP contribution in [0.4, 0.5) is 13.6 Å². The van der Waals surface area contributed by atoms with Crippen molar-refractivity contribution in [3.63, 3.8) is 0 Å². The molecule has 0 saturated carbocycles. The molecule has 4 N–H and O–H groups in total. The summed E-state index contributed by atoms with van der Waals surface area (Å²) in [4.78, 5) is 54.2. The molecule has 10 nitrogen and oxygen atoms in total. The smallest absolute Gasteiger partial charge is 0.407 e. The number of aryl methyl sites for hydroxylation is 1. The summed E-state index contributed by atoms with van der Waals surface area (Å²) in [6, 6.07) is 16.0. The van der Waals surface area contributed by atoms with Crippen molar-refractivity contribution in [2.24, 2.45) is 0 Å². The van der Waals surface area contributed by atoms with Crippen LogP contribution in [-0.4, -0.2) is 77.2 Å². The predicted octanol–water partition coefficient (Wildman–Crippen LogP) is 6.66. The van der Waals surface area contributed by atoms with Crippen LogP contribution >= 0.6 is 0 Å². The van der Waals surface area contributed by atoms with Crippen molar-refractivity contribution in [1.29, 1.82) is 0 Å². The molecule has 0 spiro atoms. The van der Waals surface area contributed by atoms with E-state index in [1.165, 1.54) is 6.07 Å². The number of aliphatic hydroxyl groups is 1. The number of amides is 4. The maximum atomic E-state index is 14.1. The van der Waals surface area contributed by atoms with Crippen LogP contribution in [0.25, 0.3) is 0 Å². The minimum absolute atomic E-state index is 0.0125. The van der Waals surface area contributed by atoms with Gasteiger partial charge in [-0.15, -0.1) is 0 Å². The number of halogens is 2. The van der Waals surface area contributed by atoms with E-state index in [1.54, 1.807) is 44.7 Å². The van der Waals surface area contributed by atoms with Gasteiger partial charge in [0, 0.05) is 49.3 Å². The van der Waals surface area contributed by atoms with Crippen LogP contribution in [0.2, 0.25) is 0 Å². The number of hydrogen-bond acceptors (Lipinski definition) is 6. The molecule has 0 unspecified atom stereocenters. The first kappa shape index (κ1) is 43.6. The Morgan fingerprint density at radius 1 is 0.815 bits per heavy atom. The highest BCUT2D eigenvalue weighted by molar-refractivity contribution is 6.00. The number of hydrogen-bond donors (Lipinski definition) is 4. The second kappa shape index (κ2) is 21.2. The molecule has 0 aliphatic rings. The fourth-order valence-corrected chi connectivity index (χ4v) is 6.15. The van der Waals surface area contributed by atoms with E-state index >= 15 is 0 Å². The van der Waals surface area contributed by atoms with E-state index in [9.17, 15) is 33.1 Å². The lowest BCUT2D eigenvalue weighted by molar-refractivity contribution is -0.121. The summed E-state index contributed by atoms with van der Waals surface area (Å²) in [5.74, 6) is -2.66. The van der Waals surface area contributed by atoms with Crippen LogP contribution in [0.3, 0.4) is 0 Å². The third-order valence-electron chi connectivity index (χ3n) is 8.55. The van der Waals surface area contributed by atoms with E-state index in [-0.39, 0.29) is 54.8 Å². The lowest BCUT2D eigenvalue weighted by Crippen LogP contribution is -2.46. The number of alkyl carbamates (subject to hydrolysis) is 1. The molecule has 4 amide bonds. The van der Waals surface area contributed by atoms with Gasteiger partial charge < -0.3 is 30.7 Å². The molecule has 3 aromatic carbocycles. The minimum atomic E-state index is -1.23. The van der Waals surface area contributed by atoms with Crippen molar-refractivity contribution in [2.75, 3.05) is 19.6 Å². The Morgan fingerprint density at radius 3 is 2.06 bits per heavy atom. The van der Waals surface area contributed by atoms with Gasteiger partial charge in [-0.25, -0.2) is 13.6 Å². The predicted molar refractivity (Wildman–Crippen MR) is 205 cm³/mol. The Labute approximate surface area is 318 Å². The lowest BCUT2D eigenvalue weighted by Gasteiger charge is -2.25. The van der Waals surface area contributed by atoms with Gasteiger partial charge in [-0.1, -0.05) is 44.2 Å². The Hall–Kier alpha value is -4.84. The molecule has 3 atom stereocenters. The standard InChI is InChI=1S/C42H56F2N4O6/c1-7-18-48(19-8-2)40(52)32-21-28(3)20-31(26-32)39(51)47-36(25-30-22-33(43)27-34(44)23-30)37(49)16-17-45-38(50)15-14-35(24-29-12-10-9-11-13-29)46-41(53)54-42(4,5)6/h9-13,20-23,26-27,35-37,49H,7-8,14-19,24-25H2,1-6H3,(H,45,50)(H,46,53)(H,47,51)/t35-,36-,37+/m0/s1. The second-order valence-electron chi connectivity index (χ2n) is 14.7. The summed E-state index contributed by atoms with van der Waals surface area (Å²) in [6.45, 7) is 12.3. The number of carbonyl (C=O) groups is 4. The summed E-state index contributed by atoms with van der Waals surface area (Å²) in [5, 5.41) is 19.8. The van der Waals surface area contributed by atoms with Crippen molar-refractivity contribution in [3.8, 4) is 0 Å². The molecular weight excluding hydrogens is 694 g/mol. The molecule has 54 heavy (non-hydrogen) atoms. The van der Waals surface area contributed by atoms with Gasteiger partial charge in [0.2, 0.25) is 5.91 Å².